The fourth-order valence-corrected chi connectivity index (χ4v) is 2.95. The molecule has 3 rings (SSSR count). The van der Waals surface area contributed by atoms with Crippen molar-refractivity contribution in [3.8, 4) is 0 Å². The number of hydrogen-bond donors (Lipinski definition) is 2. The maximum atomic E-state index is 12.5. The van der Waals surface area contributed by atoms with Gasteiger partial charge in [-0.15, -0.1) is 0 Å². The Hall–Kier alpha value is -2.16. The van der Waals surface area contributed by atoms with Crippen molar-refractivity contribution in [1.82, 2.24) is 19.4 Å². The summed E-state index contributed by atoms with van der Waals surface area (Å²) in [6, 6.07) is 6.63. The minimum absolute atomic E-state index is 0.160. The van der Waals surface area contributed by atoms with E-state index in [1.165, 1.54) is 4.57 Å². The standard InChI is InChI=1S/C16H22N4O4/c21-10-7-19-13-3-1-2-4-14(13)20(16(19)23)15(22)17-5-6-18-8-11-24-12-9-18/h1-4,21H,5-12H2,(H,17,22). The lowest BCUT2D eigenvalue weighted by Crippen LogP contribution is -2.43. The first-order valence-electron chi connectivity index (χ1n) is 8.12. The van der Waals surface area contributed by atoms with Crippen LogP contribution in [0.1, 0.15) is 0 Å². The molecule has 2 N–H and O–H groups in total. The maximum Gasteiger partial charge on any atom is 0.337 e. The number of fused-ring (bicyclic) bond motifs is 1. The van der Waals surface area contributed by atoms with Crippen molar-refractivity contribution in [3.05, 3.63) is 34.7 Å². The van der Waals surface area contributed by atoms with Gasteiger partial charge in [-0.25, -0.2) is 14.2 Å². The lowest BCUT2D eigenvalue weighted by Gasteiger charge is -2.26. The van der Waals surface area contributed by atoms with E-state index in [9.17, 15) is 9.59 Å². The van der Waals surface area contributed by atoms with Gasteiger partial charge in [0.25, 0.3) is 0 Å². The smallest absolute Gasteiger partial charge is 0.337 e. The van der Waals surface area contributed by atoms with E-state index in [-0.39, 0.29) is 13.2 Å². The number of morpholine rings is 1. The van der Waals surface area contributed by atoms with Crippen LogP contribution < -0.4 is 11.0 Å². The number of benzene rings is 1. The van der Waals surface area contributed by atoms with E-state index in [4.69, 9.17) is 9.84 Å². The zero-order chi connectivity index (χ0) is 16.9. The zero-order valence-electron chi connectivity index (χ0n) is 13.5. The highest BCUT2D eigenvalue weighted by atomic mass is 16.5. The number of aromatic nitrogens is 2. The van der Waals surface area contributed by atoms with Crippen molar-refractivity contribution < 1.29 is 14.6 Å². The molecule has 2 aromatic rings. The third-order valence-electron chi connectivity index (χ3n) is 4.17. The molecule has 0 radical (unpaired) electrons. The molecule has 1 amide bonds. The Bertz CT molecular complexity index is 761. The normalized spacial score (nSPS) is 15.7. The van der Waals surface area contributed by atoms with Gasteiger partial charge in [-0.3, -0.25) is 9.47 Å². The molecule has 130 valence electrons. The Morgan fingerprint density at radius 3 is 2.58 bits per heavy atom. The fraction of sp³-hybridized carbons (Fsp3) is 0.500. The summed E-state index contributed by atoms with van der Waals surface area (Å²) in [6.07, 6.45) is 0. The van der Waals surface area contributed by atoms with E-state index < -0.39 is 11.7 Å². The van der Waals surface area contributed by atoms with Crippen molar-refractivity contribution in [2.24, 2.45) is 0 Å². The lowest BCUT2D eigenvalue weighted by atomic mass is 10.3. The predicted octanol–water partition coefficient (Wildman–Crippen LogP) is -0.315. The van der Waals surface area contributed by atoms with E-state index in [0.29, 0.717) is 30.8 Å². The number of amides is 1. The number of nitrogens with zero attached hydrogens (tertiary/aromatic N) is 3. The third-order valence-corrected chi connectivity index (χ3v) is 4.17. The second-order valence-corrected chi connectivity index (χ2v) is 5.67. The van der Waals surface area contributed by atoms with Crippen LogP contribution in [0, 0.1) is 0 Å². The van der Waals surface area contributed by atoms with E-state index >= 15 is 0 Å². The average Bonchev–Trinajstić information content (AvgIpc) is 2.88. The Labute approximate surface area is 139 Å². The number of nitrogens with one attached hydrogen (secondary N) is 1. The molecular formula is C16H22N4O4. The van der Waals surface area contributed by atoms with Crippen LogP contribution in [0.25, 0.3) is 11.0 Å². The summed E-state index contributed by atoms with van der Waals surface area (Å²) in [7, 11) is 0. The van der Waals surface area contributed by atoms with Gasteiger partial charge in [0, 0.05) is 26.2 Å². The summed E-state index contributed by atoms with van der Waals surface area (Å²) in [5, 5.41) is 12.0. The molecule has 0 atom stereocenters. The summed E-state index contributed by atoms with van der Waals surface area (Å²) >= 11 is 0. The van der Waals surface area contributed by atoms with Gasteiger partial charge in [0.2, 0.25) is 0 Å². The number of rotatable bonds is 5. The molecule has 0 saturated carbocycles. The molecule has 1 aromatic carbocycles. The maximum absolute atomic E-state index is 12.5. The summed E-state index contributed by atoms with van der Waals surface area (Å²) < 4.78 is 7.83. The first-order chi connectivity index (χ1) is 11.7. The molecule has 0 bridgehead atoms. The van der Waals surface area contributed by atoms with Gasteiger partial charge in [-0.1, -0.05) is 12.1 Å². The van der Waals surface area contributed by atoms with Gasteiger partial charge in [-0.05, 0) is 12.1 Å². The second kappa shape index (κ2) is 7.61. The molecule has 1 fully saturated rings. The zero-order valence-corrected chi connectivity index (χ0v) is 13.5. The van der Waals surface area contributed by atoms with Crippen LogP contribution in [-0.2, 0) is 11.3 Å². The number of hydrogen-bond acceptors (Lipinski definition) is 5. The van der Waals surface area contributed by atoms with Gasteiger partial charge in [0.05, 0.1) is 37.4 Å². The summed E-state index contributed by atoms with van der Waals surface area (Å²) in [5.41, 5.74) is 0.744. The van der Waals surface area contributed by atoms with Gasteiger partial charge < -0.3 is 15.2 Å². The van der Waals surface area contributed by atoms with Crippen LogP contribution in [0.3, 0.4) is 0 Å². The van der Waals surface area contributed by atoms with Crippen molar-refractivity contribution in [1.29, 1.82) is 0 Å². The molecule has 8 nitrogen and oxygen atoms in total. The van der Waals surface area contributed by atoms with Gasteiger partial charge >= 0.3 is 11.7 Å². The molecular weight excluding hydrogens is 312 g/mol. The molecule has 0 aliphatic carbocycles. The molecule has 0 unspecified atom stereocenters. The molecule has 2 heterocycles. The highest BCUT2D eigenvalue weighted by Crippen LogP contribution is 2.12. The van der Waals surface area contributed by atoms with Crippen molar-refractivity contribution in [2.75, 3.05) is 46.0 Å². The Morgan fingerprint density at radius 1 is 1.17 bits per heavy atom. The van der Waals surface area contributed by atoms with Crippen LogP contribution in [0.4, 0.5) is 4.79 Å². The Kier molecular flexibility index (Phi) is 5.29. The number of aliphatic hydroxyl groups is 1. The first kappa shape index (κ1) is 16.7. The van der Waals surface area contributed by atoms with Gasteiger partial charge in [0.1, 0.15) is 0 Å². The number of para-hydroxylation sites is 2. The van der Waals surface area contributed by atoms with Crippen LogP contribution in [0.5, 0.6) is 0 Å². The Morgan fingerprint density at radius 2 is 1.88 bits per heavy atom. The van der Waals surface area contributed by atoms with Crippen LogP contribution >= 0.6 is 0 Å². The van der Waals surface area contributed by atoms with Crippen molar-refractivity contribution in [3.63, 3.8) is 0 Å². The van der Waals surface area contributed by atoms with E-state index in [1.54, 1.807) is 24.3 Å². The lowest BCUT2D eigenvalue weighted by molar-refractivity contribution is 0.0387. The van der Waals surface area contributed by atoms with E-state index in [0.717, 1.165) is 24.2 Å². The summed E-state index contributed by atoms with van der Waals surface area (Å²) in [4.78, 5) is 27.2. The van der Waals surface area contributed by atoms with Crippen LogP contribution in [-0.4, -0.2) is 71.2 Å². The second-order valence-electron chi connectivity index (χ2n) is 5.67. The molecule has 8 heteroatoms. The Balaban J connectivity index is 1.74. The summed E-state index contributed by atoms with van der Waals surface area (Å²) in [5.74, 6) is 0. The number of carbonyl (C=O) groups excluding carboxylic acids is 1. The van der Waals surface area contributed by atoms with Gasteiger partial charge in [0.15, 0.2) is 0 Å². The molecule has 1 aromatic heterocycles. The van der Waals surface area contributed by atoms with Crippen LogP contribution in [0.2, 0.25) is 0 Å². The quantitative estimate of drug-likeness (QED) is 0.783. The molecule has 1 saturated heterocycles. The highest BCUT2D eigenvalue weighted by Gasteiger charge is 2.18. The number of ether oxygens (including phenoxy) is 1. The molecule has 24 heavy (non-hydrogen) atoms. The molecule has 1 aliphatic heterocycles. The molecule has 1 aliphatic rings. The third kappa shape index (κ3) is 3.35. The fourth-order valence-electron chi connectivity index (χ4n) is 2.95. The number of carbonyl (C=O) groups is 1. The minimum Gasteiger partial charge on any atom is -0.395 e. The topological polar surface area (TPSA) is 88.7 Å². The number of aliphatic hydroxyl groups excluding tert-OH is 1. The monoisotopic (exact) mass is 334 g/mol. The van der Waals surface area contributed by atoms with E-state index in [1.807, 2.05) is 0 Å². The van der Waals surface area contributed by atoms with Gasteiger partial charge in [-0.2, -0.15) is 0 Å². The average molecular weight is 334 g/mol. The van der Waals surface area contributed by atoms with Crippen molar-refractivity contribution in [2.45, 2.75) is 6.54 Å². The van der Waals surface area contributed by atoms with Crippen LogP contribution in [0.15, 0.2) is 29.1 Å². The largest absolute Gasteiger partial charge is 0.395 e. The minimum atomic E-state index is -0.443. The van der Waals surface area contributed by atoms with E-state index in [2.05, 4.69) is 10.2 Å². The van der Waals surface area contributed by atoms with Crippen molar-refractivity contribution >= 4 is 17.1 Å². The summed E-state index contributed by atoms with van der Waals surface area (Å²) in [6.45, 7) is 4.31. The first-order valence-corrected chi connectivity index (χ1v) is 8.12. The SMILES string of the molecule is O=C(NCCN1CCOCC1)n1c(=O)n(CCO)c2ccccc21. The predicted molar refractivity (Wildman–Crippen MR) is 89.3 cm³/mol. The number of imidazole rings is 1. The highest BCUT2D eigenvalue weighted by molar-refractivity contribution is 5.89. The molecule has 0 spiro atoms.